The van der Waals surface area contributed by atoms with E-state index in [9.17, 15) is 9.59 Å². The minimum absolute atomic E-state index is 0.0733. The minimum atomic E-state index is -0.102. The molecule has 2 amide bonds. The quantitative estimate of drug-likeness (QED) is 0.838. The van der Waals surface area contributed by atoms with E-state index in [1.54, 1.807) is 35.6 Å². The van der Waals surface area contributed by atoms with Gasteiger partial charge in [-0.1, -0.05) is 13.8 Å². The summed E-state index contributed by atoms with van der Waals surface area (Å²) in [6, 6.07) is 11.2. The summed E-state index contributed by atoms with van der Waals surface area (Å²) >= 11 is 1.73. The van der Waals surface area contributed by atoms with E-state index in [-0.39, 0.29) is 17.7 Å². The van der Waals surface area contributed by atoms with Crippen LogP contribution in [0.15, 0.2) is 36.4 Å². The van der Waals surface area contributed by atoms with Gasteiger partial charge in [-0.25, -0.2) is 0 Å². The van der Waals surface area contributed by atoms with Crippen LogP contribution in [0.5, 0.6) is 0 Å². The van der Waals surface area contributed by atoms with Gasteiger partial charge in [0.25, 0.3) is 5.91 Å². The average Bonchev–Trinajstić information content (AvgIpc) is 3.15. The SMILES string of the molecule is CCc1ccc(CNC(=O)c2ccc(NC(=O)C3CC3C)cc2)s1. The number of amides is 2. The molecule has 1 saturated carbocycles. The summed E-state index contributed by atoms with van der Waals surface area (Å²) in [6.45, 7) is 4.74. The highest BCUT2D eigenvalue weighted by Gasteiger charge is 2.39. The van der Waals surface area contributed by atoms with Crippen molar-refractivity contribution in [1.82, 2.24) is 5.32 Å². The van der Waals surface area contributed by atoms with Crippen molar-refractivity contribution in [2.45, 2.75) is 33.2 Å². The molecule has 1 aromatic carbocycles. The third-order valence-electron chi connectivity index (χ3n) is 4.35. The summed E-state index contributed by atoms with van der Waals surface area (Å²) in [4.78, 5) is 26.6. The largest absolute Gasteiger partial charge is 0.347 e. The first-order valence-electron chi connectivity index (χ1n) is 8.33. The van der Waals surface area contributed by atoms with Crippen LogP contribution in [-0.4, -0.2) is 11.8 Å². The molecular formula is C19H22N2O2S. The zero-order valence-electron chi connectivity index (χ0n) is 14.0. The number of thiophene rings is 1. The van der Waals surface area contributed by atoms with Gasteiger partial charge >= 0.3 is 0 Å². The van der Waals surface area contributed by atoms with E-state index >= 15 is 0 Å². The van der Waals surface area contributed by atoms with Gasteiger partial charge in [-0.3, -0.25) is 9.59 Å². The monoisotopic (exact) mass is 342 g/mol. The standard InChI is InChI=1S/C19H22N2O2S/c1-3-15-8-9-16(24-15)11-20-18(22)13-4-6-14(7-5-13)21-19(23)17-10-12(17)2/h4-9,12,17H,3,10-11H2,1-2H3,(H,20,22)(H,21,23). The molecule has 5 heteroatoms. The van der Waals surface area contributed by atoms with Crippen LogP contribution in [0.25, 0.3) is 0 Å². The Hall–Kier alpha value is -2.14. The molecule has 2 atom stereocenters. The third kappa shape index (κ3) is 4.03. The fraction of sp³-hybridized carbons (Fsp3) is 0.368. The Morgan fingerprint density at radius 1 is 1.12 bits per heavy atom. The Morgan fingerprint density at radius 2 is 1.79 bits per heavy atom. The zero-order chi connectivity index (χ0) is 17.1. The molecule has 1 fully saturated rings. The highest BCUT2D eigenvalue weighted by atomic mass is 32.1. The van der Waals surface area contributed by atoms with Gasteiger partial charge in [0.15, 0.2) is 0 Å². The molecule has 0 bridgehead atoms. The molecule has 126 valence electrons. The van der Waals surface area contributed by atoms with Crippen molar-refractivity contribution >= 4 is 28.8 Å². The second-order valence-corrected chi connectivity index (χ2v) is 7.54. The molecule has 24 heavy (non-hydrogen) atoms. The van der Waals surface area contributed by atoms with Crippen molar-refractivity contribution in [1.29, 1.82) is 0 Å². The maximum atomic E-state index is 12.2. The van der Waals surface area contributed by atoms with Crippen LogP contribution in [0, 0.1) is 11.8 Å². The van der Waals surface area contributed by atoms with Gasteiger partial charge in [0, 0.05) is 26.9 Å². The van der Waals surface area contributed by atoms with Crippen LogP contribution < -0.4 is 10.6 Å². The number of aryl methyl sites for hydroxylation is 1. The second-order valence-electron chi connectivity index (χ2n) is 6.29. The molecule has 0 radical (unpaired) electrons. The predicted molar refractivity (Wildman–Crippen MR) is 97.2 cm³/mol. The lowest BCUT2D eigenvalue weighted by molar-refractivity contribution is -0.117. The first kappa shape index (κ1) is 16.7. The van der Waals surface area contributed by atoms with E-state index in [4.69, 9.17) is 0 Å². The van der Waals surface area contributed by atoms with E-state index in [2.05, 4.69) is 36.6 Å². The van der Waals surface area contributed by atoms with Crippen molar-refractivity contribution in [3.05, 3.63) is 51.7 Å². The van der Waals surface area contributed by atoms with Crippen molar-refractivity contribution in [3.63, 3.8) is 0 Å². The van der Waals surface area contributed by atoms with Gasteiger partial charge in [0.1, 0.15) is 0 Å². The highest BCUT2D eigenvalue weighted by molar-refractivity contribution is 7.11. The minimum Gasteiger partial charge on any atom is -0.347 e. The van der Waals surface area contributed by atoms with Crippen molar-refractivity contribution < 1.29 is 9.59 Å². The van der Waals surface area contributed by atoms with E-state index in [1.807, 2.05) is 0 Å². The molecule has 1 aliphatic carbocycles. The summed E-state index contributed by atoms with van der Waals surface area (Å²) in [5.74, 6) is 0.603. The number of rotatable bonds is 6. The van der Waals surface area contributed by atoms with E-state index < -0.39 is 0 Å². The highest BCUT2D eigenvalue weighted by Crippen LogP contribution is 2.38. The summed E-state index contributed by atoms with van der Waals surface area (Å²) in [5, 5.41) is 5.83. The normalized spacial score (nSPS) is 18.9. The van der Waals surface area contributed by atoms with Gasteiger partial charge in [0.2, 0.25) is 5.91 Å². The first-order chi connectivity index (χ1) is 11.6. The van der Waals surface area contributed by atoms with E-state index in [1.165, 1.54) is 4.88 Å². The Balaban J connectivity index is 1.52. The molecule has 1 aromatic heterocycles. The molecule has 4 nitrogen and oxygen atoms in total. The van der Waals surface area contributed by atoms with Gasteiger partial charge in [0.05, 0.1) is 6.54 Å². The average molecular weight is 342 g/mol. The fourth-order valence-corrected chi connectivity index (χ4v) is 3.50. The zero-order valence-corrected chi connectivity index (χ0v) is 14.8. The molecule has 0 saturated heterocycles. The summed E-state index contributed by atoms with van der Waals surface area (Å²) < 4.78 is 0. The number of hydrogen-bond donors (Lipinski definition) is 2. The summed E-state index contributed by atoms with van der Waals surface area (Å²) in [6.07, 6.45) is 1.99. The van der Waals surface area contributed by atoms with Crippen molar-refractivity contribution in [3.8, 4) is 0 Å². The van der Waals surface area contributed by atoms with Gasteiger partial charge in [-0.05, 0) is 55.2 Å². The van der Waals surface area contributed by atoms with E-state index in [0.29, 0.717) is 18.0 Å². The number of nitrogens with one attached hydrogen (secondary N) is 2. The van der Waals surface area contributed by atoms with Crippen LogP contribution in [0.3, 0.4) is 0 Å². The topological polar surface area (TPSA) is 58.2 Å². The van der Waals surface area contributed by atoms with E-state index in [0.717, 1.165) is 23.4 Å². The van der Waals surface area contributed by atoms with Crippen LogP contribution in [0.1, 0.15) is 40.4 Å². The second kappa shape index (κ2) is 7.18. The molecule has 2 aromatic rings. The molecule has 2 N–H and O–H groups in total. The lowest BCUT2D eigenvalue weighted by Crippen LogP contribution is -2.22. The number of hydrogen-bond acceptors (Lipinski definition) is 3. The first-order valence-corrected chi connectivity index (χ1v) is 9.15. The van der Waals surface area contributed by atoms with Crippen molar-refractivity contribution in [2.75, 3.05) is 5.32 Å². The Labute approximate surface area is 146 Å². The van der Waals surface area contributed by atoms with Crippen LogP contribution in [-0.2, 0) is 17.8 Å². The molecule has 3 rings (SSSR count). The maximum absolute atomic E-state index is 12.2. The third-order valence-corrected chi connectivity index (χ3v) is 5.58. The number of carbonyl (C=O) groups is 2. The Bertz CT molecular complexity index is 736. The van der Waals surface area contributed by atoms with Gasteiger partial charge in [-0.2, -0.15) is 0 Å². The lowest BCUT2D eigenvalue weighted by atomic mass is 10.2. The van der Waals surface area contributed by atoms with Crippen molar-refractivity contribution in [2.24, 2.45) is 11.8 Å². The number of carbonyl (C=O) groups excluding carboxylic acids is 2. The Morgan fingerprint density at radius 3 is 2.38 bits per heavy atom. The fourth-order valence-electron chi connectivity index (χ4n) is 2.60. The smallest absolute Gasteiger partial charge is 0.251 e. The number of anilines is 1. The lowest BCUT2D eigenvalue weighted by Gasteiger charge is -2.07. The molecule has 0 spiro atoms. The maximum Gasteiger partial charge on any atom is 0.251 e. The molecular weight excluding hydrogens is 320 g/mol. The predicted octanol–water partition coefficient (Wildman–Crippen LogP) is 3.84. The molecule has 1 heterocycles. The van der Waals surface area contributed by atoms with Crippen LogP contribution >= 0.6 is 11.3 Å². The van der Waals surface area contributed by atoms with Crippen LogP contribution in [0.4, 0.5) is 5.69 Å². The van der Waals surface area contributed by atoms with Crippen LogP contribution in [0.2, 0.25) is 0 Å². The van der Waals surface area contributed by atoms with Gasteiger partial charge in [-0.15, -0.1) is 11.3 Å². The summed E-state index contributed by atoms with van der Waals surface area (Å²) in [7, 11) is 0. The number of benzene rings is 1. The molecule has 0 aliphatic heterocycles. The molecule has 2 unspecified atom stereocenters. The summed E-state index contributed by atoms with van der Waals surface area (Å²) in [5.41, 5.74) is 1.33. The molecule has 1 aliphatic rings. The van der Waals surface area contributed by atoms with Gasteiger partial charge < -0.3 is 10.6 Å². The Kier molecular flexibility index (Phi) is 5.00.